The van der Waals surface area contributed by atoms with Crippen LogP contribution in [0.5, 0.6) is 0 Å². The van der Waals surface area contributed by atoms with Crippen LogP contribution in [0.4, 0.5) is 11.4 Å². The molecular weight excluding hydrogens is 288 g/mol. The number of nitrogens with one attached hydrogen (secondary N) is 3. The van der Waals surface area contributed by atoms with Gasteiger partial charge < -0.3 is 20.9 Å². The molecule has 0 spiro atoms. The Labute approximate surface area is 138 Å². The van der Waals surface area contributed by atoms with Crippen LogP contribution in [-0.2, 0) is 4.79 Å². The molecule has 2 fully saturated rings. The Morgan fingerprint density at radius 3 is 2.65 bits per heavy atom. The molecule has 1 aromatic carbocycles. The van der Waals surface area contributed by atoms with Crippen molar-refractivity contribution in [1.29, 1.82) is 0 Å². The molecule has 2 aliphatic heterocycles. The van der Waals surface area contributed by atoms with Crippen molar-refractivity contribution in [2.24, 2.45) is 0 Å². The second-order valence-electron chi connectivity index (χ2n) is 6.81. The third-order valence-electron chi connectivity index (χ3n) is 4.87. The van der Waals surface area contributed by atoms with E-state index in [2.05, 4.69) is 34.0 Å². The summed E-state index contributed by atoms with van der Waals surface area (Å²) in [7, 11) is 2.17. The Bertz CT molecular complexity index is 520. The first-order chi connectivity index (χ1) is 11.2. The molecule has 0 saturated carbocycles. The molecule has 5 nitrogen and oxygen atoms in total. The highest BCUT2D eigenvalue weighted by Crippen LogP contribution is 2.24. The first-order valence-electron chi connectivity index (χ1n) is 8.78. The molecule has 0 bridgehead atoms. The van der Waals surface area contributed by atoms with Crippen molar-refractivity contribution in [3.8, 4) is 0 Å². The fourth-order valence-corrected chi connectivity index (χ4v) is 3.45. The summed E-state index contributed by atoms with van der Waals surface area (Å²) in [5, 5.41) is 10.1. The molecule has 23 heavy (non-hydrogen) atoms. The van der Waals surface area contributed by atoms with Crippen LogP contribution in [0.1, 0.15) is 32.1 Å². The first-order valence-corrected chi connectivity index (χ1v) is 8.78. The summed E-state index contributed by atoms with van der Waals surface area (Å²) in [6.07, 6.45) is 5.12. The SMILES string of the molecule is CN1CCC(Nc2ccccc2NC(=O)CC2CCCN2)CC1. The lowest BCUT2D eigenvalue weighted by Crippen LogP contribution is -2.36. The lowest BCUT2D eigenvalue weighted by molar-refractivity contribution is -0.116. The second-order valence-corrected chi connectivity index (χ2v) is 6.81. The molecule has 1 unspecified atom stereocenters. The van der Waals surface area contributed by atoms with E-state index in [-0.39, 0.29) is 5.91 Å². The molecule has 1 amide bonds. The highest BCUT2D eigenvalue weighted by Gasteiger charge is 2.20. The molecule has 0 aromatic heterocycles. The molecule has 1 atom stereocenters. The van der Waals surface area contributed by atoms with Gasteiger partial charge >= 0.3 is 0 Å². The molecule has 126 valence electrons. The summed E-state index contributed by atoms with van der Waals surface area (Å²) in [5.41, 5.74) is 1.93. The Balaban J connectivity index is 1.57. The van der Waals surface area contributed by atoms with Crippen LogP contribution in [0, 0.1) is 0 Å². The van der Waals surface area contributed by atoms with E-state index < -0.39 is 0 Å². The van der Waals surface area contributed by atoms with Gasteiger partial charge in [-0.1, -0.05) is 12.1 Å². The van der Waals surface area contributed by atoms with E-state index in [9.17, 15) is 4.79 Å². The molecule has 5 heteroatoms. The lowest BCUT2D eigenvalue weighted by atomic mass is 10.0. The Morgan fingerprint density at radius 2 is 1.96 bits per heavy atom. The molecule has 3 N–H and O–H groups in total. The van der Waals surface area contributed by atoms with E-state index >= 15 is 0 Å². The van der Waals surface area contributed by atoms with Gasteiger partial charge in [-0.15, -0.1) is 0 Å². The number of hydrogen-bond donors (Lipinski definition) is 3. The van der Waals surface area contributed by atoms with Gasteiger partial charge in [0.1, 0.15) is 0 Å². The number of likely N-dealkylation sites (tertiary alicyclic amines) is 1. The van der Waals surface area contributed by atoms with E-state index in [0.29, 0.717) is 18.5 Å². The van der Waals surface area contributed by atoms with Crippen molar-refractivity contribution in [3.63, 3.8) is 0 Å². The minimum Gasteiger partial charge on any atom is -0.381 e. The Hall–Kier alpha value is -1.59. The van der Waals surface area contributed by atoms with Crippen molar-refractivity contribution in [1.82, 2.24) is 10.2 Å². The predicted molar refractivity (Wildman–Crippen MR) is 94.9 cm³/mol. The number of anilines is 2. The molecule has 3 rings (SSSR count). The average Bonchev–Trinajstić information content (AvgIpc) is 3.04. The van der Waals surface area contributed by atoms with E-state index in [1.807, 2.05) is 18.2 Å². The lowest BCUT2D eigenvalue weighted by Gasteiger charge is -2.30. The van der Waals surface area contributed by atoms with Crippen molar-refractivity contribution in [2.45, 2.75) is 44.2 Å². The van der Waals surface area contributed by atoms with Crippen LogP contribution in [-0.4, -0.2) is 49.6 Å². The number of nitrogens with zero attached hydrogens (tertiary/aromatic N) is 1. The number of carbonyl (C=O) groups excluding carboxylic acids is 1. The van der Waals surface area contributed by atoms with Gasteiger partial charge in [-0.2, -0.15) is 0 Å². The van der Waals surface area contributed by atoms with Crippen LogP contribution in [0.25, 0.3) is 0 Å². The third-order valence-corrected chi connectivity index (χ3v) is 4.87. The van der Waals surface area contributed by atoms with Crippen LogP contribution in [0.2, 0.25) is 0 Å². The van der Waals surface area contributed by atoms with Crippen LogP contribution in [0.3, 0.4) is 0 Å². The van der Waals surface area contributed by atoms with Gasteiger partial charge in [-0.3, -0.25) is 4.79 Å². The van der Waals surface area contributed by atoms with Crippen LogP contribution < -0.4 is 16.0 Å². The van der Waals surface area contributed by atoms with Gasteiger partial charge in [0.05, 0.1) is 11.4 Å². The zero-order valence-electron chi connectivity index (χ0n) is 14.0. The van der Waals surface area contributed by atoms with E-state index in [0.717, 1.165) is 50.3 Å². The summed E-state index contributed by atoms with van der Waals surface area (Å²) >= 11 is 0. The number of hydrogen-bond acceptors (Lipinski definition) is 4. The zero-order valence-corrected chi connectivity index (χ0v) is 14.0. The highest BCUT2D eigenvalue weighted by atomic mass is 16.1. The molecule has 2 aliphatic rings. The van der Waals surface area contributed by atoms with Gasteiger partial charge in [0.25, 0.3) is 0 Å². The normalized spacial score (nSPS) is 22.9. The highest BCUT2D eigenvalue weighted by molar-refractivity contribution is 5.94. The summed E-state index contributed by atoms with van der Waals surface area (Å²) in [4.78, 5) is 14.6. The van der Waals surface area contributed by atoms with E-state index in [1.165, 1.54) is 6.42 Å². The number of benzene rings is 1. The van der Waals surface area contributed by atoms with Gasteiger partial charge in [0.2, 0.25) is 5.91 Å². The first kappa shape index (κ1) is 16.3. The van der Waals surface area contributed by atoms with Crippen molar-refractivity contribution in [3.05, 3.63) is 24.3 Å². The number of piperidine rings is 1. The topological polar surface area (TPSA) is 56.4 Å². The molecule has 1 aromatic rings. The summed E-state index contributed by atoms with van der Waals surface area (Å²) < 4.78 is 0. The van der Waals surface area contributed by atoms with E-state index in [1.54, 1.807) is 0 Å². The van der Waals surface area contributed by atoms with Gasteiger partial charge in [-0.05, 0) is 64.5 Å². The van der Waals surface area contributed by atoms with Gasteiger partial charge in [0.15, 0.2) is 0 Å². The quantitative estimate of drug-likeness (QED) is 0.780. The average molecular weight is 316 g/mol. The maximum atomic E-state index is 12.3. The van der Waals surface area contributed by atoms with Crippen LogP contribution >= 0.6 is 0 Å². The molecule has 2 heterocycles. The Morgan fingerprint density at radius 1 is 1.22 bits per heavy atom. The number of amides is 1. The van der Waals surface area contributed by atoms with Crippen molar-refractivity contribution in [2.75, 3.05) is 37.3 Å². The van der Waals surface area contributed by atoms with Gasteiger partial charge in [-0.25, -0.2) is 0 Å². The second kappa shape index (κ2) is 7.79. The maximum Gasteiger partial charge on any atom is 0.225 e. The minimum atomic E-state index is 0.0991. The summed E-state index contributed by atoms with van der Waals surface area (Å²) in [6, 6.07) is 8.86. The molecule has 0 radical (unpaired) electrons. The summed E-state index contributed by atoms with van der Waals surface area (Å²) in [5.74, 6) is 0.0991. The number of carbonyl (C=O) groups is 1. The summed E-state index contributed by atoms with van der Waals surface area (Å²) in [6.45, 7) is 3.28. The largest absolute Gasteiger partial charge is 0.381 e. The maximum absolute atomic E-state index is 12.3. The number of para-hydroxylation sites is 2. The fraction of sp³-hybridized carbons (Fsp3) is 0.611. The zero-order chi connectivity index (χ0) is 16.1. The molecule has 2 saturated heterocycles. The van der Waals surface area contributed by atoms with Crippen LogP contribution in [0.15, 0.2) is 24.3 Å². The fourth-order valence-electron chi connectivity index (χ4n) is 3.45. The standard InChI is InChI=1S/C18H28N4O/c1-22-11-8-14(9-12-22)20-16-6-2-3-7-17(16)21-18(23)13-15-5-4-10-19-15/h2-3,6-7,14-15,19-20H,4-5,8-13H2,1H3,(H,21,23). The Kier molecular flexibility index (Phi) is 5.51. The smallest absolute Gasteiger partial charge is 0.225 e. The third kappa shape index (κ3) is 4.69. The van der Waals surface area contributed by atoms with Crippen molar-refractivity contribution < 1.29 is 4.79 Å². The number of rotatable bonds is 5. The molecule has 0 aliphatic carbocycles. The van der Waals surface area contributed by atoms with Crippen molar-refractivity contribution >= 4 is 17.3 Å². The minimum absolute atomic E-state index is 0.0991. The van der Waals surface area contributed by atoms with Gasteiger partial charge in [0, 0.05) is 18.5 Å². The monoisotopic (exact) mass is 316 g/mol. The predicted octanol–water partition coefficient (Wildman–Crippen LogP) is 2.27. The van der Waals surface area contributed by atoms with E-state index in [4.69, 9.17) is 0 Å². The molecular formula is C18H28N4O.